The number of rotatable bonds is 7. The average molecular weight is 332 g/mol. The summed E-state index contributed by atoms with van der Waals surface area (Å²) in [6.45, 7) is 1.81. The topological polar surface area (TPSA) is 38.3 Å². The zero-order chi connectivity index (χ0) is 13.4. The summed E-state index contributed by atoms with van der Waals surface area (Å²) in [4.78, 5) is 11.3. The molecule has 0 amide bonds. The predicted molar refractivity (Wildman–Crippen MR) is 80.2 cm³/mol. The molecule has 0 spiro atoms. The van der Waals surface area contributed by atoms with E-state index in [-0.39, 0.29) is 5.97 Å². The van der Waals surface area contributed by atoms with Gasteiger partial charge in [-0.2, -0.15) is 11.8 Å². The minimum absolute atomic E-state index is 0.310. The van der Waals surface area contributed by atoms with Crippen LogP contribution in [0.2, 0.25) is 0 Å². The molecule has 0 radical (unpaired) electrons. The second kappa shape index (κ2) is 8.56. The van der Waals surface area contributed by atoms with Crippen molar-refractivity contribution in [1.82, 2.24) is 5.32 Å². The van der Waals surface area contributed by atoms with E-state index in [0.29, 0.717) is 5.56 Å². The molecule has 0 saturated carbocycles. The smallest absolute Gasteiger partial charge is 0.337 e. The quantitative estimate of drug-likeness (QED) is 0.615. The highest BCUT2D eigenvalue weighted by Gasteiger charge is 2.07. The highest BCUT2D eigenvalue weighted by Crippen LogP contribution is 2.19. The van der Waals surface area contributed by atoms with Crippen molar-refractivity contribution in [3.8, 4) is 0 Å². The Morgan fingerprint density at radius 3 is 2.89 bits per heavy atom. The lowest BCUT2D eigenvalue weighted by Crippen LogP contribution is -2.15. The van der Waals surface area contributed by atoms with Crippen LogP contribution in [-0.4, -0.2) is 31.6 Å². The highest BCUT2D eigenvalue weighted by molar-refractivity contribution is 9.10. The third kappa shape index (κ3) is 5.00. The van der Waals surface area contributed by atoms with Gasteiger partial charge in [-0.1, -0.05) is 22.0 Å². The summed E-state index contributed by atoms with van der Waals surface area (Å²) >= 11 is 5.33. The van der Waals surface area contributed by atoms with Crippen molar-refractivity contribution in [1.29, 1.82) is 0 Å². The van der Waals surface area contributed by atoms with Gasteiger partial charge >= 0.3 is 5.97 Å². The molecular formula is C13H18BrNO2S. The maximum atomic E-state index is 11.3. The summed E-state index contributed by atoms with van der Waals surface area (Å²) in [6.07, 6.45) is 3.28. The number of benzene rings is 1. The SMILES string of the molecule is COC(=O)c1ccc(CNCCCSC)c(Br)c1. The van der Waals surface area contributed by atoms with Crippen LogP contribution in [0.5, 0.6) is 0 Å². The molecule has 18 heavy (non-hydrogen) atoms. The first-order valence-electron chi connectivity index (χ1n) is 5.75. The number of carbonyl (C=O) groups is 1. The molecule has 5 heteroatoms. The first-order valence-corrected chi connectivity index (χ1v) is 7.94. The van der Waals surface area contributed by atoms with E-state index in [2.05, 4.69) is 32.2 Å². The number of thioether (sulfide) groups is 1. The second-order valence-corrected chi connectivity index (χ2v) is 5.66. The number of nitrogens with one attached hydrogen (secondary N) is 1. The van der Waals surface area contributed by atoms with Crippen molar-refractivity contribution in [2.24, 2.45) is 0 Å². The summed E-state index contributed by atoms with van der Waals surface area (Å²) < 4.78 is 5.61. The van der Waals surface area contributed by atoms with Crippen molar-refractivity contribution in [3.63, 3.8) is 0 Å². The normalized spacial score (nSPS) is 10.4. The van der Waals surface area contributed by atoms with Crippen molar-refractivity contribution in [2.75, 3.05) is 25.7 Å². The lowest BCUT2D eigenvalue weighted by atomic mass is 10.1. The van der Waals surface area contributed by atoms with Crippen LogP contribution in [0.25, 0.3) is 0 Å². The average Bonchev–Trinajstić information content (AvgIpc) is 2.39. The molecular weight excluding hydrogens is 314 g/mol. The van der Waals surface area contributed by atoms with Gasteiger partial charge in [-0.15, -0.1) is 0 Å². The zero-order valence-corrected chi connectivity index (χ0v) is 13.1. The number of carbonyl (C=O) groups excluding carboxylic acids is 1. The lowest BCUT2D eigenvalue weighted by Gasteiger charge is -2.08. The number of hydrogen-bond acceptors (Lipinski definition) is 4. The molecule has 0 aromatic heterocycles. The van der Waals surface area contributed by atoms with E-state index in [1.165, 1.54) is 19.3 Å². The molecule has 0 aliphatic carbocycles. The van der Waals surface area contributed by atoms with E-state index in [1.807, 2.05) is 17.8 Å². The summed E-state index contributed by atoms with van der Waals surface area (Å²) in [5.74, 6) is 0.866. The number of methoxy groups -OCH3 is 1. The minimum Gasteiger partial charge on any atom is -0.465 e. The van der Waals surface area contributed by atoms with Crippen molar-refractivity contribution in [2.45, 2.75) is 13.0 Å². The maximum absolute atomic E-state index is 11.3. The fraction of sp³-hybridized carbons (Fsp3) is 0.462. The first-order chi connectivity index (χ1) is 8.69. The van der Waals surface area contributed by atoms with Crippen LogP contribution in [0.3, 0.4) is 0 Å². The van der Waals surface area contributed by atoms with Gasteiger partial charge in [0.2, 0.25) is 0 Å². The van der Waals surface area contributed by atoms with Crippen molar-refractivity contribution < 1.29 is 9.53 Å². The Morgan fingerprint density at radius 2 is 2.28 bits per heavy atom. The molecule has 1 aromatic carbocycles. The van der Waals surface area contributed by atoms with Crippen LogP contribution in [0, 0.1) is 0 Å². The van der Waals surface area contributed by atoms with Crippen LogP contribution in [-0.2, 0) is 11.3 Å². The molecule has 0 atom stereocenters. The Hall–Kier alpha value is -0.520. The molecule has 0 bridgehead atoms. The van der Waals surface area contributed by atoms with Crippen molar-refractivity contribution in [3.05, 3.63) is 33.8 Å². The molecule has 0 aliphatic heterocycles. The molecule has 100 valence electrons. The van der Waals surface area contributed by atoms with Gasteiger partial charge in [-0.05, 0) is 42.7 Å². The fourth-order valence-corrected chi connectivity index (χ4v) is 2.45. The summed E-state index contributed by atoms with van der Waals surface area (Å²) in [5, 5.41) is 3.38. The van der Waals surface area contributed by atoms with Crippen molar-refractivity contribution >= 4 is 33.7 Å². The molecule has 0 aliphatic rings. The Balaban J connectivity index is 2.49. The lowest BCUT2D eigenvalue weighted by molar-refractivity contribution is 0.0600. The summed E-state index contributed by atoms with van der Waals surface area (Å²) in [7, 11) is 1.39. The van der Waals surface area contributed by atoms with E-state index in [1.54, 1.807) is 12.1 Å². The van der Waals surface area contributed by atoms with E-state index < -0.39 is 0 Å². The van der Waals surface area contributed by atoms with Crippen LogP contribution in [0.1, 0.15) is 22.3 Å². The maximum Gasteiger partial charge on any atom is 0.337 e. The Labute approximate surface area is 121 Å². The van der Waals surface area contributed by atoms with Gasteiger partial charge in [0.25, 0.3) is 0 Å². The number of esters is 1. The summed E-state index contributed by atoms with van der Waals surface area (Å²) in [6, 6.07) is 5.53. The second-order valence-electron chi connectivity index (χ2n) is 3.82. The van der Waals surface area contributed by atoms with Gasteiger partial charge in [-0.25, -0.2) is 4.79 Å². The highest BCUT2D eigenvalue weighted by atomic mass is 79.9. The molecule has 0 fully saturated rings. The summed E-state index contributed by atoms with van der Waals surface area (Å²) in [5.41, 5.74) is 1.71. The third-order valence-corrected chi connectivity index (χ3v) is 3.93. The zero-order valence-electron chi connectivity index (χ0n) is 10.7. The Bertz CT molecular complexity index is 399. The van der Waals surface area contributed by atoms with Gasteiger partial charge < -0.3 is 10.1 Å². The van der Waals surface area contributed by atoms with Gasteiger partial charge in [0.15, 0.2) is 0 Å². The van der Waals surface area contributed by atoms with Crippen LogP contribution < -0.4 is 5.32 Å². The van der Waals surface area contributed by atoms with Gasteiger partial charge in [0.05, 0.1) is 12.7 Å². The van der Waals surface area contributed by atoms with Crippen LogP contribution >= 0.6 is 27.7 Å². The first kappa shape index (κ1) is 15.5. The number of halogens is 1. The minimum atomic E-state index is -0.310. The number of ether oxygens (including phenoxy) is 1. The molecule has 3 nitrogen and oxygen atoms in total. The fourth-order valence-electron chi connectivity index (χ4n) is 1.50. The van der Waals surface area contributed by atoms with E-state index in [0.717, 1.165) is 23.1 Å². The number of hydrogen-bond donors (Lipinski definition) is 1. The molecule has 0 saturated heterocycles. The largest absolute Gasteiger partial charge is 0.465 e. The third-order valence-electron chi connectivity index (χ3n) is 2.49. The predicted octanol–water partition coefficient (Wildman–Crippen LogP) is 3.08. The van der Waals surface area contributed by atoms with Gasteiger partial charge in [0.1, 0.15) is 0 Å². The Kier molecular flexibility index (Phi) is 7.39. The van der Waals surface area contributed by atoms with E-state index >= 15 is 0 Å². The molecule has 1 aromatic rings. The van der Waals surface area contributed by atoms with Gasteiger partial charge in [-0.3, -0.25) is 0 Å². The van der Waals surface area contributed by atoms with E-state index in [4.69, 9.17) is 0 Å². The molecule has 0 unspecified atom stereocenters. The molecule has 1 N–H and O–H groups in total. The van der Waals surface area contributed by atoms with Crippen LogP contribution in [0.15, 0.2) is 22.7 Å². The Morgan fingerprint density at radius 1 is 1.50 bits per heavy atom. The van der Waals surface area contributed by atoms with E-state index in [9.17, 15) is 4.79 Å². The standard InChI is InChI=1S/C13H18BrNO2S/c1-17-13(16)10-4-5-11(12(14)8-10)9-15-6-3-7-18-2/h4-5,8,15H,3,6-7,9H2,1-2H3. The molecule has 1 rings (SSSR count). The van der Waals surface area contributed by atoms with Crippen LogP contribution in [0.4, 0.5) is 0 Å². The van der Waals surface area contributed by atoms with Gasteiger partial charge in [0, 0.05) is 11.0 Å². The monoisotopic (exact) mass is 331 g/mol. The molecule has 0 heterocycles.